The maximum atomic E-state index is 13.0. The summed E-state index contributed by atoms with van der Waals surface area (Å²) in [4.78, 5) is 13.0. The molecule has 0 aromatic carbocycles. The van der Waals surface area contributed by atoms with Crippen LogP contribution < -0.4 is 5.32 Å². The molecule has 1 rings (SSSR count). The zero-order valence-electron chi connectivity index (χ0n) is 39.4. The second-order valence-electron chi connectivity index (χ2n) is 17.2. The summed E-state index contributed by atoms with van der Waals surface area (Å²) in [5.41, 5.74) is 0. The highest BCUT2D eigenvalue weighted by Crippen LogP contribution is 2.23. The highest BCUT2D eigenvalue weighted by Gasteiger charge is 2.44. The van der Waals surface area contributed by atoms with Gasteiger partial charge in [-0.15, -0.1) is 0 Å². The van der Waals surface area contributed by atoms with Crippen LogP contribution in [0.15, 0.2) is 72.9 Å². The van der Waals surface area contributed by atoms with Crippen molar-refractivity contribution in [3.63, 3.8) is 0 Å². The molecule has 7 atom stereocenters. The number of rotatable bonds is 41. The average molecular weight is 872 g/mol. The summed E-state index contributed by atoms with van der Waals surface area (Å²) in [6.07, 6.45) is 50.5. The summed E-state index contributed by atoms with van der Waals surface area (Å²) in [5, 5.41) is 54.5. The number of aliphatic hydroxyl groups excluding tert-OH is 5. The van der Waals surface area contributed by atoms with Gasteiger partial charge in [0.2, 0.25) is 5.91 Å². The van der Waals surface area contributed by atoms with Crippen molar-refractivity contribution in [3.8, 4) is 0 Å². The molecule has 1 aliphatic rings. The number of carbonyl (C=O) groups is 1. The maximum absolute atomic E-state index is 13.0. The van der Waals surface area contributed by atoms with Crippen LogP contribution >= 0.6 is 0 Å². The number of unbranched alkanes of at least 4 members (excludes halogenated alkanes) is 19. The fraction of sp³-hybridized carbons (Fsp3) is 0.755. The highest BCUT2D eigenvalue weighted by atomic mass is 16.7. The van der Waals surface area contributed by atoms with Crippen molar-refractivity contribution in [2.75, 3.05) is 13.2 Å². The Balaban J connectivity index is 2.34. The molecule has 0 bridgehead atoms. The van der Waals surface area contributed by atoms with Gasteiger partial charge in [-0.1, -0.05) is 202 Å². The molecule has 0 aromatic heterocycles. The Morgan fingerprint density at radius 1 is 0.565 bits per heavy atom. The van der Waals surface area contributed by atoms with Gasteiger partial charge in [0.1, 0.15) is 24.4 Å². The van der Waals surface area contributed by atoms with Gasteiger partial charge in [0.25, 0.3) is 0 Å². The first kappa shape index (κ1) is 57.6. The van der Waals surface area contributed by atoms with Crippen LogP contribution in [-0.4, -0.2) is 87.5 Å². The van der Waals surface area contributed by atoms with Crippen molar-refractivity contribution in [2.45, 2.75) is 243 Å². The van der Waals surface area contributed by atoms with E-state index >= 15 is 0 Å². The van der Waals surface area contributed by atoms with Crippen LogP contribution in [-0.2, 0) is 14.3 Å². The maximum Gasteiger partial charge on any atom is 0.220 e. The summed E-state index contributed by atoms with van der Waals surface area (Å²) < 4.78 is 11.3. The molecule has 0 aliphatic carbocycles. The Hall–Kier alpha value is -2.37. The topological polar surface area (TPSA) is 149 Å². The number of ether oxygens (including phenoxy) is 2. The van der Waals surface area contributed by atoms with E-state index in [9.17, 15) is 30.3 Å². The molecule has 1 fully saturated rings. The molecule has 1 saturated heterocycles. The highest BCUT2D eigenvalue weighted by molar-refractivity contribution is 5.76. The van der Waals surface area contributed by atoms with Crippen LogP contribution in [0.4, 0.5) is 0 Å². The lowest BCUT2D eigenvalue weighted by Crippen LogP contribution is -2.60. The number of nitrogens with one attached hydrogen (secondary N) is 1. The predicted molar refractivity (Wildman–Crippen MR) is 258 cm³/mol. The molecular formula is C53H93NO8. The van der Waals surface area contributed by atoms with E-state index in [4.69, 9.17) is 9.47 Å². The standard InChI is InChI=1S/C53H93NO8/c1-3-5-7-9-11-13-15-17-19-21-23-24-25-27-29-31-33-35-37-39-41-43-49(57)54-46(45-61-53-52(60)51(59)50(58)48(44-55)62-53)47(56)42-40-38-36-34-32-30-28-26-22-20-18-16-14-12-10-8-6-4-2/h5,7,11,13,17,19,23-24,27,29,33,35,46-48,50-53,55-56,58-60H,3-4,6,8-10,12,14-16,18,20-22,25-26,28,30-32,34,36-45H2,1-2H3,(H,54,57)/b7-5-,13-11-,19-17-,24-23-,29-27-,35-33-. The zero-order valence-corrected chi connectivity index (χ0v) is 39.4. The Morgan fingerprint density at radius 2 is 1.00 bits per heavy atom. The first-order valence-electron chi connectivity index (χ1n) is 25.1. The Labute approximate surface area is 378 Å². The van der Waals surface area contributed by atoms with E-state index in [2.05, 4.69) is 92.1 Å². The minimum atomic E-state index is -1.57. The van der Waals surface area contributed by atoms with Gasteiger partial charge < -0.3 is 40.3 Å². The largest absolute Gasteiger partial charge is 0.394 e. The Morgan fingerprint density at radius 3 is 1.45 bits per heavy atom. The second kappa shape index (κ2) is 42.6. The third-order valence-electron chi connectivity index (χ3n) is 11.6. The lowest BCUT2D eigenvalue weighted by atomic mass is 9.99. The lowest BCUT2D eigenvalue weighted by Gasteiger charge is -2.40. The molecule has 0 spiro atoms. The number of amides is 1. The first-order valence-corrected chi connectivity index (χ1v) is 25.1. The number of hydrogen-bond acceptors (Lipinski definition) is 8. The SMILES string of the molecule is CC/C=C\C/C=C\C/C=C\C/C=C\C/C=C\C/C=C\CCCCC(=O)NC(COC1OC(CO)C(O)C(O)C1O)C(O)CCCCCCCCCCCCCCCCCCCC. The van der Waals surface area contributed by atoms with Crippen LogP contribution in [0.3, 0.4) is 0 Å². The normalized spacial score (nSPS) is 20.9. The van der Waals surface area contributed by atoms with Crippen molar-refractivity contribution in [1.29, 1.82) is 0 Å². The number of carbonyl (C=O) groups excluding carboxylic acids is 1. The van der Waals surface area contributed by atoms with Crippen molar-refractivity contribution < 1.29 is 39.8 Å². The summed E-state index contributed by atoms with van der Waals surface area (Å²) >= 11 is 0. The Bertz CT molecular complexity index is 1200. The van der Waals surface area contributed by atoms with Gasteiger partial charge in [-0.25, -0.2) is 0 Å². The van der Waals surface area contributed by atoms with Crippen LogP contribution in [0, 0.1) is 0 Å². The Kier molecular flexibility index (Phi) is 39.6. The van der Waals surface area contributed by atoms with Crippen LogP contribution in [0.2, 0.25) is 0 Å². The predicted octanol–water partition coefficient (Wildman–Crippen LogP) is 11.3. The molecule has 0 radical (unpaired) electrons. The van der Waals surface area contributed by atoms with Crippen molar-refractivity contribution >= 4 is 5.91 Å². The number of aliphatic hydroxyl groups is 5. The summed E-state index contributed by atoms with van der Waals surface area (Å²) in [6.45, 7) is 3.69. The third kappa shape index (κ3) is 32.3. The second-order valence-corrected chi connectivity index (χ2v) is 17.2. The van der Waals surface area contributed by atoms with Crippen LogP contribution in [0.5, 0.6) is 0 Å². The quantitative estimate of drug-likeness (QED) is 0.0263. The van der Waals surface area contributed by atoms with E-state index in [1.54, 1.807) is 0 Å². The number of hydrogen-bond donors (Lipinski definition) is 6. The van der Waals surface area contributed by atoms with Crippen molar-refractivity contribution in [2.24, 2.45) is 0 Å². The van der Waals surface area contributed by atoms with E-state index in [1.165, 1.54) is 96.3 Å². The minimum absolute atomic E-state index is 0.160. The summed E-state index contributed by atoms with van der Waals surface area (Å²) in [6, 6.07) is -0.746. The van der Waals surface area contributed by atoms with E-state index in [0.717, 1.165) is 70.6 Å². The van der Waals surface area contributed by atoms with Gasteiger partial charge in [-0.2, -0.15) is 0 Å². The average Bonchev–Trinajstić information content (AvgIpc) is 3.27. The third-order valence-corrected chi connectivity index (χ3v) is 11.6. The molecule has 1 heterocycles. The van der Waals surface area contributed by atoms with Crippen LogP contribution in [0.1, 0.15) is 200 Å². The van der Waals surface area contributed by atoms with E-state index in [0.29, 0.717) is 19.3 Å². The fourth-order valence-corrected chi connectivity index (χ4v) is 7.58. The zero-order chi connectivity index (χ0) is 45.1. The molecule has 62 heavy (non-hydrogen) atoms. The molecule has 0 saturated carbocycles. The lowest BCUT2D eigenvalue weighted by molar-refractivity contribution is -0.302. The van der Waals surface area contributed by atoms with Crippen LogP contribution in [0.25, 0.3) is 0 Å². The van der Waals surface area contributed by atoms with Crippen molar-refractivity contribution in [1.82, 2.24) is 5.32 Å². The van der Waals surface area contributed by atoms with Gasteiger partial charge in [-0.05, 0) is 64.2 Å². The summed E-state index contributed by atoms with van der Waals surface area (Å²) in [7, 11) is 0. The van der Waals surface area contributed by atoms with E-state index in [-0.39, 0.29) is 12.5 Å². The van der Waals surface area contributed by atoms with Crippen molar-refractivity contribution in [3.05, 3.63) is 72.9 Å². The van der Waals surface area contributed by atoms with E-state index < -0.39 is 49.5 Å². The molecule has 358 valence electrons. The molecule has 1 amide bonds. The first-order chi connectivity index (χ1) is 30.3. The van der Waals surface area contributed by atoms with Gasteiger partial charge >= 0.3 is 0 Å². The smallest absolute Gasteiger partial charge is 0.220 e. The molecular weight excluding hydrogens is 779 g/mol. The van der Waals surface area contributed by atoms with Gasteiger partial charge in [0, 0.05) is 6.42 Å². The molecule has 0 aromatic rings. The molecule has 7 unspecified atom stereocenters. The molecule has 6 N–H and O–H groups in total. The monoisotopic (exact) mass is 872 g/mol. The molecule has 1 aliphatic heterocycles. The summed E-state index contributed by atoms with van der Waals surface area (Å²) in [5.74, 6) is -0.188. The fourth-order valence-electron chi connectivity index (χ4n) is 7.58. The van der Waals surface area contributed by atoms with Gasteiger partial charge in [0.15, 0.2) is 6.29 Å². The van der Waals surface area contributed by atoms with E-state index in [1.807, 2.05) is 0 Å². The molecule has 9 nitrogen and oxygen atoms in total. The van der Waals surface area contributed by atoms with Gasteiger partial charge in [0.05, 0.1) is 25.4 Å². The molecule has 9 heteroatoms. The van der Waals surface area contributed by atoms with Gasteiger partial charge in [-0.3, -0.25) is 4.79 Å². The number of allylic oxidation sites excluding steroid dienone is 12. The minimum Gasteiger partial charge on any atom is -0.394 e.